The average Bonchev–Trinajstić information content (AvgIpc) is 1.62. The Morgan fingerprint density at radius 2 is 0.661 bits per heavy atom. The fraction of sp³-hybridized carbons (Fsp3) is 0.0744. The maximum absolute atomic E-state index is 10.3. The predicted molar refractivity (Wildman–Crippen MR) is 553 cm³/mol. The molecule has 0 saturated heterocycles. The van der Waals surface area contributed by atoms with Gasteiger partial charge in [-0.15, -0.1) is 0 Å². The second kappa shape index (κ2) is 34.0. The van der Waals surface area contributed by atoms with Gasteiger partial charge in [-0.1, -0.05) is 479 Å². The van der Waals surface area contributed by atoms with E-state index in [4.69, 9.17) is 0 Å². The molecule has 20 aromatic carbocycles. The third-order valence-electron chi connectivity index (χ3n) is 27.2. The highest BCUT2D eigenvalue weighted by Gasteiger charge is 2.45. The van der Waals surface area contributed by atoms with Crippen molar-refractivity contribution in [2.45, 2.75) is 58.8 Å². The highest BCUT2D eigenvalue weighted by molar-refractivity contribution is 9.10. The van der Waals surface area contributed by atoms with Crippen molar-refractivity contribution in [2.75, 3.05) is 0 Å². The molecule has 3 aliphatic carbocycles. The summed E-state index contributed by atoms with van der Waals surface area (Å²) in [5, 5.41) is 42.6. The SMILES string of the molecule is C.CC1(C)c2cc(-c3c4ccccc4c(-c4ccccc4-c4ccc5ccccc5c4)c4ccccc34)ccc2-c2ccc([Si](c3ccccc3)(c3ccccc3)c3ccccc3)cc21.CC1(C)c2cc(Br)ccc2-c2ccc([SiH](c3ccccc3)c3ccccc3)cc21.OB(O)c1c2c(c(-c3ccccc3-c3ccc4ccccc4c3)c3ccccc13)CCC=C2. The molecule has 127 heavy (non-hydrogen) atoms. The summed E-state index contributed by atoms with van der Waals surface area (Å²) in [6.07, 6.45) is 6.00. The molecular formula is C121H96BBrO2Si2. The molecule has 0 unspecified atom stereocenters. The van der Waals surface area contributed by atoms with Crippen molar-refractivity contribution in [2.24, 2.45) is 0 Å². The van der Waals surface area contributed by atoms with Gasteiger partial charge in [0.05, 0.1) is 0 Å². The van der Waals surface area contributed by atoms with Crippen LogP contribution >= 0.6 is 15.9 Å². The molecule has 0 radical (unpaired) electrons. The number of hydrogen-bond donors (Lipinski definition) is 2. The summed E-state index contributed by atoms with van der Waals surface area (Å²) < 4.78 is 1.15. The number of benzene rings is 20. The van der Waals surface area contributed by atoms with Crippen LogP contribution in [0.15, 0.2) is 441 Å². The fourth-order valence-corrected chi connectivity index (χ4v) is 29.4. The molecule has 0 saturated carbocycles. The lowest BCUT2D eigenvalue weighted by Gasteiger charge is -2.35. The zero-order valence-corrected chi connectivity index (χ0v) is 74.7. The Bertz CT molecular complexity index is 7440. The molecular weight excluding hydrogens is 1630 g/mol. The largest absolute Gasteiger partial charge is 0.489 e. The summed E-state index contributed by atoms with van der Waals surface area (Å²) in [5.41, 5.74) is 25.8. The molecule has 610 valence electrons. The van der Waals surface area contributed by atoms with Gasteiger partial charge in [0.25, 0.3) is 0 Å². The average molecular weight is 1730 g/mol. The number of fused-ring (bicyclic) bond motifs is 12. The summed E-state index contributed by atoms with van der Waals surface area (Å²) in [4.78, 5) is 0. The van der Waals surface area contributed by atoms with Crippen LogP contribution in [0.5, 0.6) is 0 Å². The first-order valence-electron chi connectivity index (χ1n) is 44.0. The smallest absolute Gasteiger partial charge is 0.423 e. The third kappa shape index (κ3) is 14.4. The van der Waals surface area contributed by atoms with Gasteiger partial charge in [-0.3, -0.25) is 0 Å². The van der Waals surface area contributed by atoms with Gasteiger partial charge in [-0.25, -0.2) is 0 Å². The Kier molecular flexibility index (Phi) is 21.9. The van der Waals surface area contributed by atoms with E-state index in [1.54, 1.807) is 0 Å². The predicted octanol–water partition coefficient (Wildman–Crippen LogP) is 25.4. The first-order chi connectivity index (χ1) is 61.8. The van der Waals surface area contributed by atoms with Crippen molar-refractivity contribution in [1.29, 1.82) is 0 Å². The second-order valence-electron chi connectivity index (χ2n) is 35.0. The normalized spacial score (nSPS) is 13.0. The molecule has 20 aromatic rings. The molecule has 0 spiro atoms. The molecule has 0 heterocycles. The minimum atomic E-state index is -2.70. The van der Waals surface area contributed by atoms with Gasteiger partial charge in [0.15, 0.2) is 8.07 Å². The van der Waals surface area contributed by atoms with Crippen LogP contribution in [-0.2, 0) is 17.3 Å². The Labute approximate surface area is 757 Å². The zero-order chi connectivity index (χ0) is 85.2. The maximum atomic E-state index is 10.3. The monoisotopic (exact) mass is 1730 g/mol. The summed E-state index contributed by atoms with van der Waals surface area (Å²) in [6, 6.07) is 159. The lowest BCUT2D eigenvalue weighted by Crippen LogP contribution is -2.74. The molecule has 0 amide bonds. The number of hydrogen-bond acceptors (Lipinski definition) is 2. The van der Waals surface area contributed by atoms with Crippen molar-refractivity contribution in [3.8, 4) is 77.9 Å². The first-order valence-corrected chi connectivity index (χ1v) is 48.5. The van der Waals surface area contributed by atoms with E-state index < -0.39 is 24.0 Å². The van der Waals surface area contributed by atoms with Crippen molar-refractivity contribution in [3.05, 3.63) is 475 Å². The van der Waals surface area contributed by atoms with Crippen LogP contribution in [-0.4, -0.2) is 34.0 Å². The van der Waals surface area contributed by atoms with Gasteiger partial charge < -0.3 is 10.0 Å². The van der Waals surface area contributed by atoms with E-state index >= 15 is 0 Å². The van der Waals surface area contributed by atoms with E-state index in [1.165, 1.54) is 185 Å². The summed E-state index contributed by atoms with van der Waals surface area (Å²) in [6.45, 7) is 9.58. The van der Waals surface area contributed by atoms with Crippen LogP contribution in [0.2, 0.25) is 0 Å². The van der Waals surface area contributed by atoms with Crippen molar-refractivity contribution in [3.63, 3.8) is 0 Å². The number of allylic oxidation sites excluding steroid dienone is 1. The standard InChI is InChI=1S/C63H46Si.C30H23BO2.C27H23BrSi.CH4/c1-63(2)59-41-46(36-38-52(59)53-39-37-50(42-60(53)63)64(47-22-6-3-7-23-47,48-24-8-4-9-25-48)49-26-10-5-11-27-49)61-55-30-16-18-32-57(55)62(58-33-19-17-31-56(58)61)54-29-15-14-28-51(54)45-35-34-43-20-12-13-21-44(43)40-45;32-31(33)30-27-15-7-5-13-25(27)29(26-14-6-8-16-28(26)30)24-12-4-3-11-23(24)22-18-17-20-9-1-2-10-21(20)19-22;1-27(2)25-17-19(28)13-15-23(25)24-16-14-22(18-26(24)27)29(20-9-5-3-6-10-20)21-11-7-4-8-12-21;/h3-42H,1-2H3;1-5,7-13,15-19,32-33H,6,14H2;3-18,29H,1-2H3;1H4. The Hall–Kier alpha value is -13.7. The van der Waals surface area contributed by atoms with Gasteiger partial charge in [-0.05, 0) is 235 Å². The van der Waals surface area contributed by atoms with Crippen LogP contribution in [0.1, 0.15) is 74.9 Å². The number of rotatable bonds is 13. The molecule has 0 aromatic heterocycles. The molecule has 2 N–H and O–H groups in total. The maximum Gasteiger partial charge on any atom is 0.489 e. The minimum Gasteiger partial charge on any atom is -0.423 e. The quantitative estimate of drug-likeness (QED) is 0.0686. The van der Waals surface area contributed by atoms with Gasteiger partial charge in [0, 0.05) is 15.3 Å². The van der Waals surface area contributed by atoms with Crippen molar-refractivity contribution < 1.29 is 10.0 Å². The van der Waals surface area contributed by atoms with E-state index in [-0.39, 0.29) is 18.3 Å². The fourth-order valence-electron chi connectivity index (χ4n) is 21.3. The lowest BCUT2D eigenvalue weighted by molar-refractivity contribution is 0.426. The van der Waals surface area contributed by atoms with Crippen LogP contribution in [0.25, 0.3) is 138 Å². The molecule has 0 fully saturated rings. The van der Waals surface area contributed by atoms with Gasteiger partial charge in [-0.2, -0.15) is 0 Å². The van der Waals surface area contributed by atoms with Gasteiger partial charge >= 0.3 is 7.12 Å². The highest BCUT2D eigenvalue weighted by Crippen LogP contribution is 2.54. The molecule has 0 atom stereocenters. The zero-order valence-electron chi connectivity index (χ0n) is 71.0. The van der Waals surface area contributed by atoms with E-state index in [0.717, 1.165) is 33.7 Å². The van der Waals surface area contributed by atoms with Crippen molar-refractivity contribution >= 4 is 142 Å². The van der Waals surface area contributed by atoms with Crippen LogP contribution in [0.4, 0.5) is 0 Å². The van der Waals surface area contributed by atoms with Crippen LogP contribution in [0.3, 0.4) is 0 Å². The third-order valence-corrected chi connectivity index (χ3v) is 35.6. The van der Waals surface area contributed by atoms with Crippen LogP contribution in [0, 0.1) is 0 Å². The first kappa shape index (κ1) is 81.7. The topological polar surface area (TPSA) is 40.5 Å². The van der Waals surface area contributed by atoms with E-state index in [2.05, 4.69) is 468 Å². The van der Waals surface area contributed by atoms with E-state index in [0.29, 0.717) is 5.46 Å². The lowest BCUT2D eigenvalue weighted by atomic mass is 9.69. The number of halogens is 1. The van der Waals surface area contributed by atoms with Gasteiger partial charge in [0.1, 0.15) is 8.80 Å². The minimum absolute atomic E-state index is 0. The van der Waals surface area contributed by atoms with Crippen LogP contribution < -0.4 is 41.8 Å². The van der Waals surface area contributed by atoms with E-state index in [9.17, 15) is 10.0 Å². The molecule has 0 aliphatic heterocycles. The molecule has 2 nitrogen and oxygen atoms in total. The summed E-state index contributed by atoms with van der Waals surface area (Å²) >= 11 is 3.67. The second-order valence-corrected chi connectivity index (χ2v) is 42.6. The molecule has 6 heteroatoms. The highest BCUT2D eigenvalue weighted by atomic mass is 79.9. The summed E-state index contributed by atoms with van der Waals surface area (Å²) in [5.74, 6) is 0. The molecule has 3 aliphatic rings. The van der Waals surface area contributed by atoms with Gasteiger partial charge in [0.2, 0.25) is 0 Å². The summed E-state index contributed by atoms with van der Waals surface area (Å²) in [7, 11) is -5.74. The van der Waals surface area contributed by atoms with E-state index in [1.807, 2.05) is 18.2 Å². The Balaban J connectivity index is 0.000000134. The molecule has 23 rings (SSSR count). The Morgan fingerprint density at radius 3 is 1.16 bits per heavy atom. The Morgan fingerprint density at radius 1 is 0.291 bits per heavy atom. The van der Waals surface area contributed by atoms with Crippen molar-refractivity contribution in [1.82, 2.24) is 0 Å². The molecule has 0 bridgehead atoms.